The Morgan fingerprint density at radius 3 is 2.50 bits per heavy atom. The van der Waals surface area contributed by atoms with Crippen molar-refractivity contribution in [2.45, 2.75) is 18.7 Å². The number of benzene rings is 1. The van der Waals surface area contributed by atoms with E-state index >= 15 is 0 Å². The molecule has 0 fully saturated rings. The van der Waals surface area contributed by atoms with Crippen LogP contribution in [-0.2, 0) is 10.8 Å². The maximum Gasteiger partial charge on any atom is 0.0814 e. The first-order valence-electron chi connectivity index (χ1n) is 3.90. The molecule has 62 valence electrons. The highest BCUT2D eigenvalue weighted by molar-refractivity contribution is 7.89. The highest BCUT2D eigenvalue weighted by Crippen LogP contribution is 2.35. The minimum atomic E-state index is -0.893. The quantitative estimate of drug-likeness (QED) is 0.596. The molecule has 0 saturated heterocycles. The van der Waals surface area contributed by atoms with E-state index in [1.54, 1.807) is 0 Å². The second kappa shape index (κ2) is 2.56. The zero-order chi connectivity index (χ0) is 8.72. The maximum atomic E-state index is 11.7. The van der Waals surface area contributed by atoms with Gasteiger partial charge in [0.1, 0.15) is 0 Å². The third kappa shape index (κ3) is 0.879. The van der Waals surface area contributed by atoms with E-state index in [0.29, 0.717) is 0 Å². The zero-order valence-electron chi connectivity index (χ0n) is 7.13. The molecule has 1 aliphatic heterocycles. The third-order valence-corrected chi connectivity index (χ3v) is 3.91. The second-order valence-electron chi connectivity index (χ2n) is 2.95. The summed E-state index contributed by atoms with van der Waals surface area (Å²) in [5, 5.41) is 0. The molecule has 0 bridgehead atoms. The van der Waals surface area contributed by atoms with Crippen LogP contribution in [0.3, 0.4) is 0 Å². The van der Waals surface area contributed by atoms with Crippen LogP contribution >= 0.6 is 0 Å². The van der Waals surface area contributed by atoms with E-state index in [1.807, 2.05) is 38.1 Å². The second-order valence-corrected chi connectivity index (χ2v) is 4.54. The molecule has 1 heterocycles. The molecule has 0 saturated carbocycles. The number of allylic oxidation sites excluding steroid dienone is 2. The lowest BCUT2D eigenvalue weighted by Gasteiger charge is -1.96. The lowest BCUT2D eigenvalue weighted by Crippen LogP contribution is -1.85. The van der Waals surface area contributed by atoms with Crippen molar-refractivity contribution in [2.24, 2.45) is 0 Å². The van der Waals surface area contributed by atoms with Gasteiger partial charge in [-0.05, 0) is 31.1 Å². The summed E-state index contributed by atoms with van der Waals surface area (Å²) in [5.41, 5.74) is 2.32. The van der Waals surface area contributed by atoms with Crippen molar-refractivity contribution in [3.8, 4) is 0 Å². The summed E-state index contributed by atoms with van der Waals surface area (Å²) in [5.74, 6) is 0. The molecule has 1 atom stereocenters. The molecule has 1 nitrogen and oxygen atoms in total. The van der Waals surface area contributed by atoms with Crippen LogP contribution in [0.15, 0.2) is 34.1 Å². The summed E-state index contributed by atoms with van der Waals surface area (Å²) < 4.78 is 11.7. The van der Waals surface area contributed by atoms with Gasteiger partial charge in [-0.25, -0.2) is 4.21 Å². The Bertz CT molecular complexity index is 391. The Hall–Kier alpha value is -0.890. The van der Waals surface area contributed by atoms with Crippen molar-refractivity contribution < 1.29 is 4.21 Å². The van der Waals surface area contributed by atoms with Gasteiger partial charge in [-0.15, -0.1) is 0 Å². The molecule has 2 heteroatoms. The van der Waals surface area contributed by atoms with Gasteiger partial charge in [0.25, 0.3) is 0 Å². The number of rotatable bonds is 0. The maximum absolute atomic E-state index is 11.7. The first-order chi connectivity index (χ1) is 5.72. The highest BCUT2D eigenvalue weighted by atomic mass is 32.2. The van der Waals surface area contributed by atoms with Crippen molar-refractivity contribution in [1.82, 2.24) is 0 Å². The van der Waals surface area contributed by atoms with Crippen LogP contribution in [0.4, 0.5) is 0 Å². The lowest BCUT2D eigenvalue weighted by atomic mass is 10.1. The molecule has 12 heavy (non-hydrogen) atoms. The molecule has 1 aromatic rings. The summed E-state index contributed by atoms with van der Waals surface area (Å²) in [6.07, 6.45) is 0. The van der Waals surface area contributed by atoms with Crippen LogP contribution in [0.5, 0.6) is 0 Å². The number of hydrogen-bond donors (Lipinski definition) is 0. The van der Waals surface area contributed by atoms with Gasteiger partial charge in [-0.1, -0.05) is 18.2 Å². The van der Waals surface area contributed by atoms with E-state index in [4.69, 9.17) is 0 Å². The standard InChI is InChI=1S/C10H10OS/c1-7-8(2)12(11)10-6-4-3-5-9(7)10/h3-6H,1-2H3. The first-order valence-corrected chi connectivity index (χ1v) is 5.05. The van der Waals surface area contributed by atoms with Crippen molar-refractivity contribution in [2.75, 3.05) is 0 Å². The monoisotopic (exact) mass is 178 g/mol. The van der Waals surface area contributed by atoms with Gasteiger partial charge in [0, 0.05) is 4.91 Å². The van der Waals surface area contributed by atoms with Gasteiger partial charge >= 0.3 is 0 Å². The Labute approximate surface area is 74.6 Å². The normalized spacial score (nSPS) is 21.3. The number of fused-ring (bicyclic) bond motifs is 1. The Kier molecular flexibility index (Phi) is 1.65. The average Bonchev–Trinajstić information content (AvgIpc) is 2.33. The smallest absolute Gasteiger partial charge is 0.0814 e. The summed E-state index contributed by atoms with van der Waals surface area (Å²) in [7, 11) is -0.893. The highest BCUT2D eigenvalue weighted by Gasteiger charge is 2.21. The minimum absolute atomic E-state index is 0.893. The fourth-order valence-electron chi connectivity index (χ4n) is 1.43. The summed E-state index contributed by atoms with van der Waals surface area (Å²) >= 11 is 0. The zero-order valence-corrected chi connectivity index (χ0v) is 7.94. The fourth-order valence-corrected chi connectivity index (χ4v) is 2.77. The molecule has 2 rings (SSSR count). The summed E-state index contributed by atoms with van der Waals surface area (Å²) in [6.45, 7) is 3.96. The van der Waals surface area contributed by atoms with Gasteiger partial charge in [-0.2, -0.15) is 0 Å². The van der Waals surface area contributed by atoms with Crippen LogP contribution < -0.4 is 0 Å². The molecule has 0 aromatic heterocycles. The first kappa shape index (κ1) is 7.74. The van der Waals surface area contributed by atoms with Crippen molar-refractivity contribution in [3.05, 3.63) is 34.7 Å². The topological polar surface area (TPSA) is 17.1 Å². The third-order valence-electron chi connectivity index (χ3n) is 2.30. The molecular formula is C10H10OS. The molecule has 1 aromatic carbocycles. The van der Waals surface area contributed by atoms with Gasteiger partial charge in [0.05, 0.1) is 15.7 Å². The molecule has 0 amide bonds. The fraction of sp³-hybridized carbons (Fsp3) is 0.200. The van der Waals surface area contributed by atoms with E-state index < -0.39 is 10.8 Å². The molecule has 0 radical (unpaired) electrons. The van der Waals surface area contributed by atoms with Crippen LogP contribution in [0, 0.1) is 0 Å². The average molecular weight is 178 g/mol. The largest absolute Gasteiger partial charge is 0.249 e. The predicted octanol–water partition coefficient (Wildman–Crippen LogP) is 2.56. The van der Waals surface area contributed by atoms with Crippen molar-refractivity contribution >= 4 is 16.4 Å². The van der Waals surface area contributed by atoms with Crippen molar-refractivity contribution in [1.29, 1.82) is 0 Å². The van der Waals surface area contributed by atoms with Gasteiger partial charge in [-0.3, -0.25) is 0 Å². The molecule has 0 aliphatic carbocycles. The SMILES string of the molecule is CC1=C(C)S(=O)c2ccccc21. The van der Waals surface area contributed by atoms with Crippen LogP contribution in [0.25, 0.3) is 5.57 Å². The van der Waals surface area contributed by atoms with Gasteiger partial charge < -0.3 is 0 Å². The van der Waals surface area contributed by atoms with Crippen LogP contribution in [-0.4, -0.2) is 4.21 Å². The van der Waals surface area contributed by atoms with E-state index in [9.17, 15) is 4.21 Å². The summed E-state index contributed by atoms with van der Waals surface area (Å²) in [4.78, 5) is 1.96. The minimum Gasteiger partial charge on any atom is -0.249 e. The van der Waals surface area contributed by atoms with Gasteiger partial charge in [0.15, 0.2) is 0 Å². The number of hydrogen-bond acceptors (Lipinski definition) is 1. The van der Waals surface area contributed by atoms with E-state index in [-0.39, 0.29) is 0 Å². The van der Waals surface area contributed by atoms with Crippen molar-refractivity contribution in [3.63, 3.8) is 0 Å². The van der Waals surface area contributed by atoms with E-state index in [2.05, 4.69) is 0 Å². The van der Waals surface area contributed by atoms with E-state index in [0.717, 1.165) is 15.4 Å². The Morgan fingerprint density at radius 2 is 1.83 bits per heavy atom. The summed E-state index contributed by atoms with van der Waals surface area (Å²) in [6, 6.07) is 7.88. The molecule has 0 N–H and O–H groups in total. The molecule has 1 aliphatic rings. The molecular weight excluding hydrogens is 168 g/mol. The Balaban J connectivity index is 2.73. The Morgan fingerprint density at radius 1 is 1.17 bits per heavy atom. The van der Waals surface area contributed by atoms with Crippen LogP contribution in [0.1, 0.15) is 19.4 Å². The predicted molar refractivity (Wildman–Crippen MR) is 51.1 cm³/mol. The van der Waals surface area contributed by atoms with Crippen LogP contribution in [0.2, 0.25) is 0 Å². The van der Waals surface area contributed by atoms with Gasteiger partial charge in [0.2, 0.25) is 0 Å². The van der Waals surface area contributed by atoms with E-state index in [1.165, 1.54) is 5.57 Å². The molecule has 0 spiro atoms. The lowest BCUT2D eigenvalue weighted by molar-refractivity contribution is 0.687. The molecule has 1 unspecified atom stereocenters.